The van der Waals surface area contributed by atoms with E-state index >= 15 is 0 Å². The van der Waals surface area contributed by atoms with Gasteiger partial charge < -0.3 is 10.2 Å². The van der Waals surface area contributed by atoms with Gasteiger partial charge in [0, 0.05) is 30.3 Å². The predicted octanol–water partition coefficient (Wildman–Crippen LogP) is 2.02. The third kappa shape index (κ3) is 4.28. The molecule has 2 atom stereocenters. The summed E-state index contributed by atoms with van der Waals surface area (Å²) in [5.74, 6) is -3.91. The lowest BCUT2D eigenvalue weighted by molar-refractivity contribution is -0.156. The molecular weight excluding hydrogens is 448 g/mol. The van der Waals surface area contributed by atoms with Crippen molar-refractivity contribution in [1.82, 2.24) is 20.5 Å². The van der Waals surface area contributed by atoms with Crippen molar-refractivity contribution in [2.45, 2.75) is 37.6 Å². The third-order valence-corrected chi connectivity index (χ3v) is 5.45. The summed E-state index contributed by atoms with van der Waals surface area (Å²) in [6.45, 7) is -0.0564. The van der Waals surface area contributed by atoms with Crippen LogP contribution in [0.25, 0.3) is 0 Å². The average Bonchev–Trinajstić information content (AvgIpc) is 3.07. The normalized spacial score (nSPS) is 19.2. The molecule has 2 aromatic rings. The Morgan fingerprint density at radius 1 is 1.21 bits per heavy atom. The number of pyridine rings is 1. The van der Waals surface area contributed by atoms with E-state index in [1.54, 1.807) is 5.32 Å². The van der Waals surface area contributed by atoms with E-state index in [0.717, 1.165) is 18.3 Å². The summed E-state index contributed by atoms with van der Waals surface area (Å²) in [4.78, 5) is 53.4. The van der Waals surface area contributed by atoms with E-state index in [2.05, 4.69) is 10.3 Å². The van der Waals surface area contributed by atoms with Crippen LogP contribution in [0.3, 0.4) is 0 Å². The summed E-state index contributed by atoms with van der Waals surface area (Å²) in [5.41, 5.74) is -0.625. The number of nitrogens with zero attached hydrogens (tertiary/aromatic N) is 2. The van der Waals surface area contributed by atoms with Crippen molar-refractivity contribution >= 4 is 23.6 Å². The molecule has 0 saturated carbocycles. The molecule has 1 unspecified atom stereocenters. The zero-order valence-corrected chi connectivity index (χ0v) is 16.8. The van der Waals surface area contributed by atoms with Crippen molar-refractivity contribution in [1.29, 1.82) is 0 Å². The summed E-state index contributed by atoms with van der Waals surface area (Å²) in [7, 11) is 0. The Morgan fingerprint density at radius 2 is 1.97 bits per heavy atom. The molecule has 0 bridgehead atoms. The quantitative estimate of drug-likeness (QED) is 0.532. The largest absolute Gasteiger partial charge is 0.414 e. The number of fused-ring (bicyclic) bond motifs is 1. The first-order valence-corrected chi connectivity index (χ1v) is 9.82. The number of hydrogen-bond donors (Lipinski definition) is 2. The van der Waals surface area contributed by atoms with Crippen LogP contribution in [-0.4, -0.2) is 45.7 Å². The lowest BCUT2D eigenvalue weighted by Gasteiger charge is -2.29. The van der Waals surface area contributed by atoms with Gasteiger partial charge in [0.15, 0.2) is 6.04 Å². The van der Waals surface area contributed by atoms with Crippen LogP contribution in [0.2, 0.25) is 0 Å². The van der Waals surface area contributed by atoms with E-state index in [1.165, 1.54) is 23.1 Å². The van der Waals surface area contributed by atoms with Gasteiger partial charge in [-0.15, -0.1) is 0 Å². The van der Waals surface area contributed by atoms with E-state index in [-0.39, 0.29) is 30.5 Å². The van der Waals surface area contributed by atoms with Gasteiger partial charge in [-0.2, -0.15) is 13.2 Å². The molecule has 1 saturated heterocycles. The van der Waals surface area contributed by atoms with Crippen molar-refractivity contribution in [3.05, 3.63) is 64.7 Å². The Hall–Kier alpha value is -3.83. The summed E-state index contributed by atoms with van der Waals surface area (Å²) in [5, 5.41) is 3.91. The van der Waals surface area contributed by atoms with Crippen LogP contribution in [-0.2, 0) is 16.1 Å². The molecule has 2 N–H and O–H groups in total. The lowest BCUT2D eigenvalue weighted by atomic mass is 10.0. The Kier molecular flexibility index (Phi) is 5.60. The van der Waals surface area contributed by atoms with Gasteiger partial charge in [0.25, 0.3) is 11.8 Å². The monoisotopic (exact) mass is 464 g/mol. The second-order valence-corrected chi connectivity index (χ2v) is 7.59. The molecule has 172 valence electrons. The number of aromatic nitrogens is 1. The van der Waals surface area contributed by atoms with Crippen LogP contribution < -0.4 is 10.6 Å². The zero-order chi connectivity index (χ0) is 23.9. The van der Waals surface area contributed by atoms with Gasteiger partial charge in [0.05, 0.1) is 0 Å². The zero-order valence-electron chi connectivity index (χ0n) is 16.8. The van der Waals surface area contributed by atoms with E-state index in [9.17, 15) is 36.7 Å². The first kappa shape index (κ1) is 22.4. The standard InChI is InChI=1S/C21H16F4N4O4/c22-13-2-1-7-26-16(13)17(21(23,24)25)28-18(31)10-3-4-12-11(8-10)9-29(20(12)33)14-5-6-15(30)27-19(14)32/h1-4,7-8,14,17H,5-6,9H2,(H,28,31)(H,27,30,32)/t14?,17-/m1/s1. The molecule has 1 aromatic heterocycles. The third-order valence-electron chi connectivity index (χ3n) is 5.45. The average molecular weight is 464 g/mol. The molecule has 0 aliphatic carbocycles. The van der Waals surface area contributed by atoms with Gasteiger partial charge >= 0.3 is 6.18 Å². The Labute approximate surface area is 184 Å². The fourth-order valence-corrected chi connectivity index (χ4v) is 3.85. The first-order chi connectivity index (χ1) is 15.6. The Balaban J connectivity index is 1.56. The van der Waals surface area contributed by atoms with Crippen LogP contribution in [0.1, 0.15) is 50.9 Å². The number of rotatable bonds is 4. The number of amides is 4. The van der Waals surface area contributed by atoms with E-state index in [1.807, 2.05) is 0 Å². The molecule has 2 aliphatic rings. The summed E-state index contributed by atoms with van der Waals surface area (Å²) in [6.07, 6.45) is -3.83. The fourth-order valence-electron chi connectivity index (χ4n) is 3.85. The molecule has 1 fully saturated rings. The molecule has 3 heterocycles. The van der Waals surface area contributed by atoms with Crippen LogP contribution >= 0.6 is 0 Å². The summed E-state index contributed by atoms with van der Waals surface area (Å²) >= 11 is 0. The number of carbonyl (C=O) groups excluding carboxylic acids is 4. The van der Waals surface area contributed by atoms with Crippen molar-refractivity contribution in [2.75, 3.05) is 0 Å². The van der Waals surface area contributed by atoms with Crippen molar-refractivity contribution in [3.8, 4) is 0 Å². The van der Waals surface area contributed by atoms with Gasteiger partial charge in [-0.25, -0.2) is 4.39 Å². The highest BCUT2D eigenvalue weighted by molar-refractivity contribution is 6.06. The number of benzene rings is 1. The SMILES string of the molecule is O=C1CCC(N2Cc3cc(C(=O)N[C@H](c4ncccc4F)C(F)(F)F)ccc3C2=O)C(=O)N1. The maximum absolute atomic E-state index is 13.9. The molecule has 33 heavy (non-hydrogen) atoms. The Bertz CT molecular complexity index is 1170. The molecule has 0 radical (unpaired) electrons. The number of nitrogens with one attached hydrogen (secondary N) is 2. The van der Waals surface area contributed by atoms with Gasteiger partial charge in [-0.3, -0.25) is 29.5 Å². The second-order valence-electron chi connectivity index (χ2n) is 7.59. The van der Waals surface area contributed by atoms with Crippen molar-refractivity contribution < 1.29 is 36.7 Å². The van der Waals surface area contributed by atoms with Crippen LogP contribution in [0.5, 0.6) is 0 Å². The molecule has 2 aliphatic heterocycles. The summed E-state index contributed by atoms with van der Waals surface area (Å²) in [6, 6.07) is 2.07. The van der Waals surface area contributed by atoms with Gasteiger partial charge in [-0.05, 0) is 42.3 Å². The molecule has 1 aromatic carbocycles. The van der Waals surface area contributed by atoms with Gasteiger partial charge in [-0.1, -0.05) is 0 Å². The van der Waals surface area contributed by atoms with E-state index in [0.29, 0.717) is 5.56 Å². The summed E-state index contributed by atoms with van der Waals surface area (Å²) < 4.78 is 54.5. The van der Waals surface area contributed by atoms with Crippen molar-refractivity contribution in [2.24, 2.45) is 0 Å². The highest BCUT2D eigenvalue weighted by atomic mass is 19.4. The maximum Gasteiger partial charge on any atom is 0.414 e. The molecule has 4 amide bonds. The van der Waals surface area contributed by atoms with E-state index < -0.39 is 53.4 Å². The smallest absolute Gasteiger partial charge is 0.335 e. The minimum atomic E-state index is -5.01. The number of imide groups is 1. The molecule has 4 rings (SSSR count). The van der Waals surface area contributed by atoms with Gasteiger partial charge in [0.1, 0.15) is 17.6 Å². The molecule has 8 nitrogen and oxygen atoms in total. The van der Waals surface area contributed by atoms with Crippen LogP contribution in [0.15, 0.2) is 36.5 Å². The van der Waals surface area contributed by atoms with E-state index in [4.69, 9.17) is 0 Å². The highest BCUT2D eigenvalue weighted by Crippen LogP contribution is 2.33. The molecule has 0 spiro atoms. The highest BCUT2D eigenvalue weighted by Gasteiger charge is 2.45. The minimum Gasteiger partial charge on any atom is -0.335 e. The topological polar surface area (TPSA) is 108 Å². The number of alkyl halides is 3. The fraction of sp³-hybridized carbons (Fsp3) is 0.286. The number of carbonyl (C=O) groups is 4. The van der Waals surface area contributed by atoms with Crippen LogP contribution in [0, 0.1) is 5.82 Å². The molecule has 12 heteroatoms. The number of halogens is 4. The Morgan fingerprint density at radius 3 is 2.64 bits per heavy atom. The van der Waals surface area contributed by atoms with Gasteiger partial charge in [0.2, 0.25) is 11.8 Å². The number of hydrogen-bond acceptors (Lipinski definition) is 5. The molecular formula is C21H16F4N4O4. The first-order valence-electron chi connectivity index (χ1n) is 9.82. The number of piperidine rings is 1. The predicted molar refractivity (Wildman–Crippen MR) is 103 cm³/mol. The van der Waals surface area contributed by atoms with Crippen LogP contribution in [0.4, 0.5) is 17.6 Å². The second kappa shape index (κ2) is 8.26. The maximum atomic E-state index is 13.9. The minimum absolute atomic E-state index is 0.0564. The lowest BCUT2D eigenvalue weighted by Crippen LogP contribution is -2.52. The van der Waals surface area contributed by atoms with Crippen molar-refractivity contribution in [3.63, 3.8) is 0 Å².